The summed E-state index contributed by atoms with van der Waals surface area (Å²) in [6.45, 7) is 1.39. The lowest BCUT2D eigenvalue weighted by Gasteiger charge is -2.49. The highest BCUT2D eigenvalue weighted by atomic mass is 32.2. The van der Waals surface area contributed by atoms with Crippen LogP contribution in [0.4, 0.5) is 5.13 Å². The van der Waals surface area contributed by atoms with Gasteiger partial charge in [0.05, 0.1) is 0 Å². The number of β-lactam (4-membered cyclic amide) rings is 1. The van der Waals surface area contributed by atoms with E-state index in [2.05, 4.69) is 15.5 Å². The van der Waals surface area contributed by atoms with Gasteiger partial charge in [-0.3, -0.25) is 19.3 Å². The van der Waals surface area contributed by atoms with Crippen LogP contribution in [-0.2, 0) is 24.0 Å². The highest BCUT2D eigenvalue weighted by Crippen LogP contribution is 2.41. The van der Waals surface area contributed by atoms with Gasteiger partial charge in [-0.25, -0.2) is 9.78 Å². The maximum atomic E-state index is 12.7. The van der Waals surface area contributed by atoms with E-state index in [0.29, 0.717) is 11.3 Å². The first-order valence-corrected chi connectivity index (χ1v) is 11.3. The summed E-state index contributed by atoms with van der Waals surface area (Å²) in [5.74, 6) is -1.99. The van der Waals surface area contributed by atoms with E-state index < -0.39 is 29.2 Å². The third-order valence-electron chi connectivity index (χ3n) is 4.15. The summed E-state index contributed by atoms with van der Waals surface area (Å²) in [5, 5.41) is 16.9. The lowest BCUT2D eigenvalue weighted by Crippen LogP contribution is -2.71. The van der Waals surface area contributed by atoms with E-state index in [1.165, 1.54) is 31.2 Å². The number of hydrogen-bond acceptors (Lipinski definition) is 11. The number of carbonyl (C=O) groups excluding carboxylic acids is 3. The quantitative estimate of drug-likeness (QED) is 0.282. The van der Waals surface area contributed by atoms with E-state index >= 15 is 0 Å². The molecule has 14 heteroatoms. The van der Waals surface area contributed by atoms with Crippen LogP contribution in [0.3, 0.4) is 0 Å². The van der Waals surface area contributed by atoms with Crippen molar-refractivity contribution in [1.29, 1.82) is 0 Å². The Balaban J connectivity index is 1.77. The number of amides is 2. The molecule has 3 heterocycles. The predicted molar refractivity (Wildman–Crippen MR) is 113 cm³/mol. The van der Waals surface area contributed by atoms with Gasteiger partial charge in [0.15, 0.2) is 16.0 Å². The van der Waals surface area contributed by atoms with Crippen molar-refractivity contribution in [2.45, 2.75) is 18.3 Å². The van der Waals surface area contributed by atoms with E-state index in [-0.39, 0.29) is 33.1 Å². The van der Waals surface area contributed by atoms with E-state index in [0.717, 1.165) is 28.0 Å². The first-order valence-electron chi connectivity index (χ1n) is 8.41. The molecule has 2 atom stereocenters. The van der Waals surface area contributed by atoms with Crippen LogP contribution < -0.4 is 11.1 Å². The van der Waals surface area contributed by atoms with Gasteiger partial charge in [0.25, 0.3) is 11.8 Å². The van der Waals surface area contributed by atoms with Gasteiger partial charge in [-0.15, -0.1) is 23.1 Å². The monoisotopic (exact) mass is 471 g/mol. The normalized spacial score (nSPS) is 21.1. The Hall–Kier alpha value is -2.58. The van der Waals surface area contributed by atoms with Gasteiger partial charge in [-0.05, 0) is 5.57 Å². The highest BCUT2D eigenvalue weighted by molar-refractivity contribution is 8.13. The number of thiazole rings is 1. The average molecular weight is 472 g/mol. The molecule has 3 rings (SSSR count). The Morgan fingerprint density at radius 2 is 2.23 bits per heavy atom. The summed E-state index contributed by atoms with van der Waals surface area (Å²) in [6.07, 6.45) is 0. The van der Waals surface area contributed by atoms with Crippen molar-refractivity contribution in [3.05, 3.63) is 22.3 Å². The molecule has 0 radical (unpaired) electrons. The Morgan fingerprint density at radius 1 is 1.50 bits per heavy atom. The third kappa shape index (κ3) is 4.29. The van der Waals surface area contributed by atoms with E-state index in [9.17, 15) is 24.3 Å². The highest BCUT2D eigenvalue weighted by Gasteiger charge is 2.54. The second kappa shape index (κ2) is 9.06. The topological polar surface area (TPSA) is 164 Å². The van der Waals surface area contributed by atoms with Crippen molar-refractivity contribution in [3.8, 4) is 0 Å². The first-order chi connectivity index (χ1) is 14.2. The SMILES string of the molecule is CON=C(C(=O)NC1C(=O)N2C(C(=O)O)=C(CSC(C)=O)CS[C@H]12)c1csc(N)n1. The summed E-state index contributed by atoms with van der Waals surface area (Å²) >= 11 is 3.41. The van der Waals surface area contributed by atoms with Crippen molar-refractivity contribution < 1.29 is 29.1 Å². The molecular formula is C16H17N5O6S3. The Labute approximate surface area is 183 Å². The second-order valence-electron chi connectivity index (χ2n) is 6.09. The minimum absolute atomic E-state index is 0.138. The molecule has 2 aliphatic heterocycles. The Kier molecular flexibility index (Phi) is 6.67. The van der Waals surface area contributed by atoms with Gasteiger partial charge >= 0.3 is 5.97 Å². The molecule has 1 saturated heterocycles. The number of aliphatic carboxylic acids is 1. The number of nitrogen functional groups attached to an aromatic ring is 1. The summed E-state index contributed by atoms with van der Waals surface area (Å²) in [4.78, 5) is 58.2. The lowest BCUT2D eigenvalue weighted by atomic mass is 10.0. The number of carbonyl (C=O) groups is 4. The van der Waals surface area contributed by atoms with E-state index in [1.807, 2.05) is 0 Å². The van der Waals surface area contributed by atoms with Crippen LogP contribution in [0.2, 0.25) is 0 Å². The van der Waals surface area contributed by atoms with Gasteiger partial charge in [-0.2, -0.15) is 0 Å². The molecule has 0 saturated carbocycles. The number of thioether (sulfide) groups is 2. The number of nitrogens with zero attached hydrogens (tertiary/aromatic N) is 3. The lowest BCUT2D eigenvalue weighted by molar-refractivity contribution is -0.150. The fourth-order valence-corrected chi connectivity index (χ4v) is 5.52. The number of nitrogens with one attached hydrogen (secondary N) is 1. The van der Waals surface area contributed by atoms with Crippen LogP contribution in [0.5, 0.6) is 0 Å². The number of oxime groups is 1. The molecular weight excluding hydrogens is 454 g/mol. The molecule has 2 aliphatic rings. The largest absolute Gasteiger partial charge is 0.477 e. The molecule has 2 amide bonds. The number of fused-ring (bicyclic) bond motifs is 1. The van der Waals surface area contributed by atoms with Crippen molar-refractivity contribution in [3.63, 3.8) is 0 Å². The maximum Gasteiger partial charge on any atom is 0.352 e. The zero-order valence-corrected chi connectivity index (χ0v) is 18.2. The molecule has 0 bridgehead atoms. The van der Waals surface area contributed by atoms with Gasteiger partial charge < -0.3 is 21.0 Å². The number of rotatable bonds is 7. The summed E-state index contributed by atoms with van der Waals surface area (Å²) < 4.78 is 0. The Bertz CT molecular complexity index is 974. The number of aromatic nitrogens is 1. The minimum atomic E-state index is -1.25. The molecule has 1 fully saturated rings. The first kappa shape index (κ1) is 22.1. The number of carboxylic acids is 1. The van der Waals surface area contributed by atoms with Crippen molar-refractivity contribution >= 4 is 68.6 Å². The van der Waals surface area contributed by atoms with E-state index in [1.54, 1.807) is 0 Å². The average Bonchev–Trinajstić information content (AvgIpc) is 3.13. The third-order valence-corrected chi connectivity index (χ3v) is 7.06. The number of anilines is 1. The fraction of sp³-hybridized carbons (Fsp3) is 0.375. The maximum absolute atomic E-state index is 12.7. The van der Waals surface area contributed by atoms with E-state index in [4.69, 9.17) is 10.6 Å². The Morgan fingerprint density at radius 3 is 2.80 bits per heavy atom. The van der Waals surface area contributed by atoms with Crippen molar-refractivity contribution in [2.75, 3.05) is 24.3 Å². The number of nitrogens with two attached hydrogens (primary N) is 1. The zero-order valence-electron chi connectivity index (χ0n) is 15.8. The van der Waals surface area contributed by atoms with Crippen molar-refractivity contribution in [2.24, 2.45) is 5.16 Å². The minimum Gasteiger partial charge on any atom is -0.477 e. The van der Waals surface area contributed by atoms with Gasteiger partial charge in [0.2, 0.25) is 0 Å². The van der Waals surface area contributed by atoms with Crippen LogP contribution in [0.15, 0.2) is 21.8 Å². The number of carboxylic acid groups (broad SMARTS) is 1. The molecule has 0 aromatic carbocycles. The molecule has 160 valence electrons. The van der Waals surface area contributed by atoms with Crippen LogP contribution in [0, 0.1) is 0 Å². The van der Waals surface area contributed by atoms with Crippen molar-refractivity contribution in [1.82, 2.24) is 15.2 Å². The molecule has 1 unspecified atom stereocenters. The summed E-state index contributed by atoms with van der Waals surface area (Å²) in [5.41, 5.74) is 5.99. The molecule has 30 heavy (non-hydrogen) atoms. The van der Waals surface area contributed by atoms with Crippen LogP contribution >= 0.6 is 34.9 Å². The van der Waals surface area contributed by atoms with Crippen LogP contribution in [0.25, 0.3) is 0 Å². The fourth-order valence-electron chi connectivity index (χ4n) is 2.88. The smallest absolute Gasteiger partial charge is 0.352 e. The van der Waals surface area contributed by atoms with Gasteiger partial charge in [0, 0.05) is 23.8 Å². The van der Waals surface area contributed by atoms with Crippen LogP contribution in [-0.4, -0.2) is 73.6 Å². The molecule has 0 aliphatic carbocycles. The van der Waals surface area contributed by atoms with Gasteiger partial charge in [0.1, 0.15) is 29.9 Å². The molecule has 1 aromatic heterocycles. The molecule has 1 aromatic rings. The molecule has 11 nitrogen and oxygen atoms in total. The molecule has 0 spiro atoms. The summed E-state index contributed by atoms with van der Waals surface area (Å²) in [7, 11) is 1.26. The predicted octanol–water partition coefficient (Wildman–Crippen LogP) is 0.0941. The standard InChI is InChI=1S/C16H17N5O6S3/c1-6(22)28-3-7-4-29-14-10(13(24)21(14)11(7)15(25)26)19-12(23)9(20-27-2)8-5-30-16(17)18-8/h5,10,14H,3-4H2,1-2H3,(H2,17,18)(H,19,23)(H,25,26)/t10?,14-/m1/s1. The van der Waals surface area contributed by atoms with Crippen LogP contribution in [0.1, 0.15) is 12.6 Å². The zero-order chi connectivity index (χ0) is 22.0. The molecule has 4 N–H and O–H groups in total. The summed E-state index contributed by atoms with van der Waals surface area (Å²) in [6, 6.07) is -0.933. The second-order valence-corrected chi connectivity index (χ2v) is 9.24. The van der Waals surface area contributed by atoms with Gasteiger partial charge in [-0.1, -0.05) is 16.9 Å². The number of hydrogen-bond donors (Lipinski definition) is 3.